The fourth-order valence-corrected chi connectivity index (χ4v) is 3.53. The number of ether oxygens (including phenoxy) is 1. The number of rotatable bonds is 10. The molecule has 0 aromatic heterocycles. The van der Waals surface area contributed by atoms with Gasteiger partial charge in [0.15, 0.2) is 0 Å². The summed E-state index contributed by atoms with van der Waals surface area (Å²) in [6.45, 7) is 3.45. The van der Waals surface area contributed by atoms with Crippen molar-refractivity contribution in [3.63, 3.8) is 0 Å². The maximum Gasteiger partial charge on any atom is 0.338 e. The molecule has 0 heterocycles. The maximum absolute atomic E-state index is 11.7. The fraction of sp³-hybridized carbons (Fsp3) is 0.269. The van der Waals surface area contributed by atoms with E-state index in [9.17, 15) is 9.90 Å². The van der Waals surface area contributed by atoms with Crippen LogP contribution in [0.3, 0.4) is 0 Å². The van der Waals surface area contributed by atoms with Gasteiger partial charge in [-0.05, 0) is 72.8 Å². The van der Waals surface area contributed by atoms with Gasteiger partial charge < -0.3 is 15.2 Å². The Labute approximate surface area is 188 Å². The molecule has 5 heteroatoms. The number of aliphatic hydroxyl groups is 1. The number of aliphatic hydroxyl groups excluding tert-OH is 1. The number of hydrogen-bond acceptors (Lipinski definition) is 4. The number of esters is 1. The summed E-state index contributed by atoms with van der Waals surface area (Å²) in [5, 5.41) is 14.2. The number of nitrogens with one attached hydrogen (secondary N) is 1. The second-order valence-corrected chi connectivity index (χ2v) is 7.87. The van der Waals surface area contributed by atoms with Crippen LogP contribution in [0, 0.1) is 0 Å². The van der Waals surface area contributed by atoms with Gasteiger partial charge in [0.2, 0.25) is 0 Å². The molecule has 0 aliphatic heterocycles. The third kappa shape index (κ3) is 7.21. The molecule has 0 aliphatic carbocycles. The van der Waals surface area contributed by atoms with E-state index in [0.717, 1.165) is 30.5 Å². The van der Waals surface area contributed by atoms with Crippen molar-refractivity contribution in [2.75, 3.05) is 19.7 Å². The van der Waals surface area contributed by atoms with Crippen LogP contribution in [0.1, 0.15) is 45.6 Å². The van der Waals surface area contributed by atoms with Crippen molar-refractivity contribution in [3.8, 4) is 0 Å². The standard InChI is InChI=1S/C26H28ClNO3/c1-2-31-26(30)22-12-10-21(11-13-22)16-20-8-6-19(7-9-20)14-15-28-18-25(29)23-4-3-5-24(27)17-23/h3-13,17,25,28-29H,2,14-16,18H2,1H3. The molecule has 162 valence electrons. The molecule has 4 nitrogen and oxygen atoms in total. The van der Waals surface area contributed by atoms with E-state index < -0.39 is 6.10 Å². The van der Waals surface area contributed by atoms with Crippen molar-refractivity contribution in [2.24, 2.45) is 0 Å². The summed E-state index contributed by atoms with van der Waals surface area (Å²) in [7, 11) is 0. The van der Waals surface area contributed by atoms with E-state index in [2.05, 4.69) is 29.6 Å². The van der Waals surface area contributed by atoms with Gasteiger partial charge in [0, 0.05) is 11.6 Å². The number of halogens is 1. The highest BCUT2D eigenvalue weighted by Crippen LogP contribution is 2.17. The van der Waals surface area contributed by atoms with Gasteiger partial charge in [-0.2, -0.15) is 0 Å². The average Bonchev–Trinajstić information content (AvgIpc) is 2.78. The normalized spacial score (nSPS) is 11.8. The first-order valence-corrected chi connectivity index (χ1v) is 10.9. The lowest BCUT2D eigenvalue weighted by Gasteiger charge is -2.12. The lowest BCUT2D eigenvalue weighted by Crippen LogP contribution is -2.23. The largest absolute Gasteiger partial charge is 0.462 e. The van der Waals surface area contributed by atoms with E-state index >= 15 is 0 Å². The summed E-state index contributed by atoms with van der Waals surface area (Å²) in [6, 6.07) is 23.4. The maximum atomic E-state index is 11.7. The van der Waals surface area contributed by atoms with Gasteiger partial charge in [0.05, 0.1) is 18.3 Å². The predicted molar refractivity (Wildman–Crippen MR) is 125 cm³/mol. The molecule has 0 aliphatic rings. The number of hydrogen-bond donors (Lipinski definition) is 2. The molecule has 3 aromatic rings. The molecule has 0 radical (unpaired) electrons. The fourth-order valence-electron chi connectivity index (χ4n) is 3.34. The van der Waals surface area contributed by atoms with E-state index in [1.807, 2.05) is 36.4 Å². The highest BCUT2D eigenvalue weighted by molar-refractivity contribution is 6.30. The van der Waals surface area contributed by atoms with Crippen molar-refractivity contribution in [3.05, 3.63) is 106 Å². The molecule has 0 saturated carbocycles. The predicted octanol–water partition coefficient (Wildman–Crippen LogP) is 4.97. The number of carbonyl (C=O) groups is 1. The monoisotopic (exact) mass is 437 g/mol. The molecule has 31 heavy (non-hydrogen) atoms. The zero-order valence-electron chi connectivity index (χ0n) is 17.7. The summed E-state index contributed by atoms with van der Waals surface area (Å²) >= 11 is 5.97. The van der Waals surface area contributed by atoms with Crippen LogP contribution in [0.4, 0.5) is 0 Å². The third-order valence-corrected chi connectivity index (χ3v) is 5.29. The molecular weight excluding hydrogens is 410 g/mol. The minimum absolute atomic E-state index is 0.285. The molecule has 1 atom stereocenters. The van der Waals surface area contributed by atoms with Gasteiger partial charge >= 0.3 is 5.97 Å². The van der Waals surface area contributed by atoms with Crippen molar-refractivity contribution in [2.45, 2.75) is 25.9 Å². The van der Waals surface area contributed by atoms with Crippen LogP contribution in [0.2, 0.25) is 5.02 Å². The molecule has 3 rings (SSSR count). The number of carbonyl (C=O) groups excluding carboxylic acids is 1. The van der Waals surface area contributed by atoms with Crippen molar-refractivity contribution in [1.29, 1.82) is 0 Å². The van der Waals surface area contributed by atoms with Crippen LogP contribution in [-0.2, 0) is 17.6 Å². The topological polar surface area (TPSA) is 58.6 Å². The molecule has 0 amide bonds. The van der Waals surface area contributed by atoms with Crippen LogP contribution in [0.5, 0.6) is 0 Å². The van der Waals surface area contributed by atoms with Crippen molar-refractivity contribution >= 4 is 17.6 Å². The van der Waals surface area contributed by atoms with E-state index in [4.69, 9.17) is 16.3 Å². The Morgan fingerprint density at radius 1 is 1.00 bits per heavy atom. The zero-order chi connectivity index (χ0) is 22.1. The lowest BCUT2D eigenvalue weighted by molar-refractivity contribution is 0.0526. The molecule has 0 saturated heterocycles. The SMILES string of the molecule is CCOC(=O)c1ccc(Cc2ccc(CCNCC(O)c3cccc(Cl)c3)cc2)cc1. The molecular formula is C26H28ClNO3. The second kappa shape index (κ2) is 11.7. The van der Waals surface area contributed by atoms with Gasteiger partial charge in [0.25, 0.3) is 0 Å². The van der Waals surface area contributed by atoms with Crippen LogP contribution in [-0.4, -0.2) is 30.8 Å². The van der Waals surface area contributed by atoms with Gasteiger partial charge in [-0.25, -0.2) is 4.79 Å². The Kier molecular flexibility index (Phi) is 8.65. The van der Waals surface area contributed by atoms with Gasteiger partial charge in [-0.15, -0.1) is 0 Å². The van der Waals surface area contributed by atoms with Gasteiger partial charge in [-0.1, -0.05) is 60.1 Å². The molecule has 0 fully saturated rings. The Hall–Kier alpha value is -2.66. The average molecular weight is 438 g/mol. The van der Waals surface area contributed by atoms with Crippen molar-refractivity contribution < 1.29 is 14.6 Å². The molecule has 2 N–H and O–H groups in total. The first-order valence-electron chi connectivity index (χ1n) is 10.5. The second-order valence-electron chi connectivity index (χ2n) is 7.44. The summed E-state index contributed by atoms with van der Waals surface area (Å²) in [4.78, 5) is 11.7. The molecule has 3 aromatic carbocycles. The van der Waals surface area contributed by atoms with E-state index in [0.29, 0.717) is 23.7 Å². The zero-order valence-corrected chi connectivity index (χ0v) is 18.4. The third-order valence-electron chi connectivity index (χ3n) is 5.06. The van der Waals surface area contributed by atoms with Crippen molar-refractivity contribution in [1.82, 2.24) is 5.32 Å². The summed E-state index contributed by atoms with van der Waals surface area (Å²) < 4.78 is 5.02. The Balaban J connectivity index is 1.43. The van der Waals surface area contributed by atoms with Gasteiger partial charge in [0.1, 0.15) is 0 Å². The van der Waals surface area contributed by atoms with Crippen LogP contribution >= 0.6 is 11.6 Å². The summed E-state index contributed by atoms with van der Waals surface area (Å²) in [5.74, 6) is -0.285. The van der Waals surface area contributed by atoms with E-state index in [1.165, 1.54) is 11.1 Å². The molecule has 0 bridgehead atoms. The Morgan fingerprint density at radius 2 is 1.65 bits per heavy atom. The van der Waals surface area contributed by atoms with Crippen LogP contribution in [0.15, 0.2) is 72.8 Å². The van der Waals surface area contributed by atoms with E-state index in [-0.39, 0.29) is 5.97 Å². The minimum atomic E-state index is -0.573. The number of benzene rings is 3. The van der Waals surface area contributed by atoms with Crippen LogP contribution < -0.4 is 5.32 Å². The lowest BCUT2D eigenvalue weighted by atomic mass is 10.0. The first-order chi connectivity index (χ1) is 15.0. The van der Waals surface area contributed by atoms with Gasteiger partial charge in [-0.3, -0.25) is 0 Å². The molecule has 1 unspecified atom stereocenters. The summed E-state index contributed by atoms with van der Waals surface area (Å²) in [5.41, 5.74) is 5.01. The summed E-state index contributed by atoms with van der Waals surface area (Å²) in [6.07, 6.45) is 1.13. The first kappa shape index (κ1) is 23.0. The smallest absolute Gasteiger partial charge is 0.338 e. The molecule has 0 spiro atoms. The highest BCUT2D eigenvalue weighted by Gasteiger charge is 2.08. The highest BCUT2D eigenvalue weighted by atomic mass is 35.5. The Morgan fingerprint density at radius 3 is 2.29 bits per heavy atom. The Bertz CT molecular complexity index is 971. The van der Waals surface area contributed by atoms with E-state index in [1.54, 1.807) is 19.1 Å². The minimum Gasteiger partial charge on any atom is -0.462 e. The van der Waals surface area contributed by atoms with Crippen LogP contribution in [0.25, 0.3) is 0 Å². The quantitative estimate of drug-likeness (QED) is 0.347.